The summed E-state index contributed by atoms with van der Waals surface area (Å²) in [6.45, 7) is 10.8. The number of carbonyl (C=O) groups is 2. The molecule has 1 aliphatic rings. The fourth-order valence-corrected chi connectivity index (χ4v) is 3.62. The summed E-state index contributed by atoms with van der Waals surface area (Å²) < 4.78 is 0. The number of anilines is 1. The van der Waals surface area contributed by atoms with Crippen LogP contribution in [0.2, 0.25) is 0 Å². The first-order chi connectivity index (χ1) is 13.5. The molecule has 1 saturated heterocycles. The molecule has 0 bridgehead atoms. The van der Waals surface area contributed by atoms with Crippen LogP contribution in [0.1, 0.15) is 32.1 Å². The molecule has 2 heterocycles. The average Bonchev–Trinajstić information content (AvgIpc) is 3.21. The van der Waals surface area contributed by atoms with E-state index in [1.165, 1.54) is 0 Å². The second-order valence-electron chi connectivity index (χ2n) is 6.76. The van der Waals surface area contributed by atoms with Gasteiger partial charge in [0.2, 0.25) is 10.0 Å². The Morgan fingerprint density at radius 3 is 2.25 bits per heavy atom. The first-order valence-corrected chi connectivity index (χ1v) is 10.3. The number of hydrogen-bond donors (Lipinski definition) is 2. The third-order valence-corrected chi connectivity index (χ3v) is 5.67. The van der Waals surface area contributed by atoms with E-state index in [0.717, 1.165) is 56.2 Å². The Morgan fingerprint density at radius 2 is 1.61 bits per heavy atom. The third-order valence-electron chi connectivity index (χ3n) is 4.75. The molecule has 2 aromatic rings. The number of likely N-dealkylation sites (N-methyl/N-ethyl adjacent to an activating group) is 1. The number of carbonyl (C=O) groups excluding carboxylic acids is 2. The van der Waals surface area contributed by atoms with Crippen molar-refractivity contribution in [2.75, 3.05) is 51.1 Å². The molecule has 0 unspecified atom stereocenters. The van der Waals surface area contributed by atoms with Crippen LogP contribution < -0.4 is 10.6 Å². The molecule has 1 fully saturated rings. The maximum atomic E-state index is 12.3. The molecule has 0 saturated carbocycles. The Labute approximate surface area is 168 Å². The Morgan fingerprint density at radius 1 is 1.00 bits per heavy atom. The van der Waals surface area contributed by atoms with Crippen LogP contribution in [0.3, 0.4) is 0 Å². The largest absolute Gasteiger partial charge is 0.349 e. The number of piperazine rings is 1. The normalized spacial score (nSPS) is 15.4. The molecule has 2 amide bonds. The van der Waals surface area contributed by atoms with E-state index in [4.69, 9.17) is 0 Å². The van der Waals surface area contributed by atoms with E-state index in [-0.39, 0.29) is 21.8 Å². The van der Waals surface area contributed by atoms with Gasteiger partial charge in [-0.25, -0.2) is 0 Å². The molecular weight excluding hydrogens is 376 g/mol. The second kappa shape index (κ2) is 9.72. The van der Waals surface area contributed by atoms with Gasteiger partial charge in [0.05, 0.1) is 0 Å². The first-order valence-electron chi connectivity index (χ1n) is 9.49. The molecule has 1 aliphatic heterocycles. The Bertz CT molecular complexity index is 799. The maximum absolute atomic E-state index is 12.3. The summed E-state index contributed by atoms with van der Waals surface area (Å²) >= 11 is 0.994. The molecule has 28 heavy (non-hydrogen) atoms. The fourth-order valence-electron chi connectivity index (χ4n) is 2.96. The van der Waals surface area contributed by atoms with Crippen molar-refractivity contribution < 1.29 is 9.59 Å². The van der Waals surface area contributed by atoms with Crippen molar-refractivity contribution >= 4 is 28.8 Å². The summed E-state index contributed by atoms with van der Waals surface area (Å²) in [5.41, 5.74) is 1.79. The van der Waals surface area contributed by atoms with Crippen molar-refractivity contribution in [3.05, 3.63) is 39.8 Å². The molecule has 2 N–H and O–H groups in total. The SMILES string of the molecule is CCN1CCN(CCNC(=O)c2nnc(C(=O)Nc3ccc(C)cc3)s2)CC1. The highest BCUT2D eigenvalue weighted by atomic mass is 32.1. The van der Waals surface area contributed by atoms with Crippen molar-refractivity contribution in [1.82, 2.24) is 25.3 Å². The van der Waals surface area contributed by atoms with Crippen LogP contribution in [-0.2, 0) is 0 Å². The molecule has 0 radical (unpaired) electrons. The van der Waals surface area contributed by atoms with E-state index in [0.29, 0.717) is 12.2 Å². The highest BCUT2D eigenvalue weighted by molar-refractivity contribution is 7.15. The molecule has 8 nitrogen and oxygen atoms in total. The Balaban J connectivity index is 1.44. The van der Waals surface area contributed by atoms with Crippen LogP contribution in [0.4, 0.5) is 5.69 Å². The maximum Gasteiger partial charge on any atom is 0.286 e. The number of rotatable bonds is 7. The minimum absolute atomic E-state index is 0.168. The third kappa shape index (κ3) is 5.57. The van der Waals surface area contributed by atoms with E-state index in [9.17, 15) is 9.59 Å². The number of hydrogen-bond acceptors (Lipinski definition) is 7. The summed E-state index contributed by atoms with van der Waals surface area (Å²) in [7, 11) is 0. The van der Waals surface area contributed by atoms with Gasteiger partial charge < -0.3 is 15.5 Å². The lowest BCUT2D eigenvalue weighted by molar-refractivity contribution is 0.0935. The van der Waals surface area contributed by atoms with Crippen molar-refractivity contribution in [3.8, 4) is 0 Å². The van der Waals surface area contributed by atoms with Gasteiger partial charge in [-0.05, 0) is 25.6 Å². The highest BCUT2D eigenvalue weighted by Gasteiger charge is 2.19. The number of aryl methyl sites for hydroxylation is 1. The molecule has 9 heteroatoms. The molecule has 150 valence electrons. The molecule has 0 aliphatic carbocycles. The second-order valence-corrected chi connectivity index (χ2v) is 7.74. The van der Waals surface area contributed by atoms with E-state index in [1.54, 1.807) is 0 Å². The van der Waals surface area contributed by atoms with Crippen LogP contribution in [0.15, 0.2) is 24.3 Å². The lowest BCUT2D eigenvalue weighted by Crippen LogP contribution is -2.48. The molecule has 0 atom stereocenters. The van der Waals surface area contributed by atoms with Crippen LogP contribution in [0, 0.1) is 6.92 Å². The van der Waals surface area contributed by atoms with Crippen molar-refractivity contribution in [3.63, 3.8) is 0 Å². The summed E-state index contributed by atoms with van der Waals surface area (Å²) in [6, 6.07) is 7.47. The summed E-state index contributed by atoms with van der Waals surface area (Å²) in [4.78, 5) is 29.3. The highest BCUT2D eigenvalue weighted by Crippen LogP contribution is 2.14. The molecular formula is C19H26N6O2S. The standard InChI is InChI=1S/C19H26N6O2S/c1-3-24-10-12-25(13-11-24)9-8-20-16(26)18-22-23-19(28-18)17(27)21-15-6-4-14(2)5-7-15/h4-7H,3,8-13H2,1-2H3,(H,20,26)(H,21,27). The minimum Gasteiger partial charge on any atom is -0.349 e. The average molecular weight is 403 g/mol. The van der Waals surface area contributed by atoms with Gasteiger partial charge in [-0.3, -0.25) is 14.5 Å². The van der Waals surface area contributed by atoms with Crippen LogP contribution in [-0.4, -0.2) is 77.6 Å². The van der Waals surface area contributed by atoms with Gasteiger partial charge in [-0.1, -0.05) is 36.0 Å². The van der Waals surface area contributed by atoms with Gasteiger partial charge in [-0.15, -0.1) is 10.2 Å². The smallest absolute Gasteiger partial charge is 0.286 e. The van der Waals surface area contributed by atoms with E-state index in [1.807, 2.05) is 31.2 Å². The van der Waals surface area contributed by atoms with Gasteiger partial charge >= 0.3 is 0 Å². The van der Waals surface area contributed by atoms with Crippen LogP contribution in [0.25, 0.3) is 0 Å². The minimum atomic E-state index is -0.366. The number of nitrogens with one attached hydrogen (secondary N) is 2. The van der Waals surface area contributed by atoms with E-state index in [2.05, 4.69) is 37.6 Å². The summed E-state index contributed by atoms with van der Waals surface area (Å²) in [6.07, 6.45) is 0. The zero-order chi connectivity index (χ0) is 19.9. The van der Waals surface area contributed by atoms with Crippen molar-refractivity contribution in [2.45, 2.75) is 13.8 Å². The Kier molecular flexibility index (Phi) is 7.07. The lowest BCUT2D eigenvalue weighted by Gasteiger charge is -2.33. The molecule has 0 spiro atoms. The van der Waals surface area contributed by atoms with E-state index >= 15 is 0 Å². The van der Waals surface area contributed by atoms with Crippen LogP contribution in [0.5, 0.6) is 0 Å². The number of aromatic nitrogens is 2. The number of amides is 2. The van der Waals surface area contributed by atoms with Crippen LogP contribution >= 0.6 is 11.3 Å². The van der Waals surface area contributed by atoms with Crippen molar-refractivity contribution in [2.24, 2.45) is 0 Å². The topological polar surface area (TPSA) is 90.5 Å². The summed E-state index contributed by atoms with van der Waals surface area (Å²) in [5, 5.41) is 13.7. The number of benzene rings is 1. The van der Waals surface area contributed by atoms with Gasteiger partial charge in [0, 0.05) is 45.0 Å². The first kappa shape index (κ1) is 20.4. The molecule has 3 rings (SSSR count). The van der Waals surface area contributed by atoms with Gasteiger partial charge in [0.1, 0.15) is 0 Å². The van der Waals surface area contributed by atoms with Gasteiger partial charge in [-0.2, -0.15) is 0 Å². The molecule has 1 aromatic carbocycles. The zero-order valence-electron chi connectivity index (χ0n) is 16.3. The predicted molar refractivity (Wildman–Crippen MR) is 110 cm³/mol. The molecule has 1 aromatic heterocycles. The van der Waals surface area contributed by atoms with Gasteiger partial charge in [0.15, 0.2) is 0 Å². The van der Waals surface area contributed by atoms with Gasteiger partial charge in [0.25, 0.3) is 11.8 Å². The monoisotopic (exact) mass is 402 g/mol. The number of nitrogens with zero attached hydrogens (tertiary/aromatic N) is 4. The predicted octanol–water partition coefficient (Wildman–Crippen LogP) is 1.47. The van der Waals surface area contributed by atoms with Crippen molar-refractivity contribution in [1.29, 1.82) is 0 Å². The lowest BCUT2D eigenvalue weighted by atomic mass is 10.2. The van der Waals surface area contributed by atoms with E-state index < -0.39 is 0 Å². The summed E-state index contributed by atoms with van der Waals surface area (Å²) in [5.74, 6) is -0.659. The Hall–Kier alpha value is -2.36. The zero-order valence-corrected chi connectivity index (χ0v) is 17.1. The fraction of sp³-hybridized carbons (Fsp3) is 0.474. The quantitative estimate of drug-likeness (QED) is 0.729.